The van der Waals surface area contributed by atoms with Crippen LogP contribution in [0.2, 0.25) is 0 Å². The molecule has 1 saturated heterocycles. The van der Waals surface area contributed by atoms with Gasteiger partial charge in [0.25, 0.3) is 5.91 Å². The van der Waals surface area contributed by atoms with E-state index in [9.17, 15) is 22.8 Å². The van der Waals surface area contributed by atoms with Gasteiger partial charge >= 0.3 is 0 Å². The third kappa shape index (κ3) is 6.18. The molecule has 1 aliphatic heterocycles. The zero-order valence-corrected chi connectivity index (χ0v) is 20.9. The van der Waals surface area contributed by atoms with Crippen molar-refractivity contribution in [1.29, 1.82) is 0 Å². The van der Waals surface area contributed by atoms with Crippen LogP contribution in [0.1, 0.15) is 53.1 Å². The van der Waals surface area contributed by atoms with Crippen molar-refractivity contribution in [3.63, 3.8) is 0 Å². The number of anilines is 1. The number of nitrogens with one attached hydrogen (secondary N) is 1. The molecule has 3 aromatic carbocycles. The van der Waals surface area contributed by atoms with Gasteiger partial charge in [-0.2, -0.15) is 0 Å². The number of carbonyl (C=O) groups excluding carboxylic acids is 2. The van der Waals surface area contributed by atoms with Gasteiger partial charge in [0.15, 0.2) is 11.6 Å². The van der Waals surface area contributed by atoms with Gasteiger partial charge in [0.05, 0.1) is 13.0 Å². The molecular weight excluding hydrogens is 493 g/mol. The van der Waals surface area contributed by atoms with Crippen molar-refractivity contribution in [2.75, 3.05) is 25.0 Å². The predicted molar refractivity (Wildman–Crippen MR) is 138 cm³/mol. The number of benzene rings is 3. The van der Waals surface area contributed by atoms with Crippen LogP contribution in [0, 0.1) is 23.4 Å². The Hall–Kier alpha value is -3.81. The molecular formula is C30H29F3N2O3. The molecule has 0 bridgehead atoms. The second-order valence-electron chi connectivity index (χ2n) is 10.0. The van der Waals surface area contributed by atoms with Crippen LogP contribution in [0.15, 0.2) is 60.7 Å². The zero-order chi connectivity index (χ0) is 26.6. The average molecular weight is 523 g/mol. The van der Waals surface area contributed by atoms with Gasteiger partial charge in [0.1, 0.15) is 11.6 Å². The average Bonchev–Trinajstić information content (AvgIpc) is 3.77. The normalized spacial score (nSPS) is 15.8. The molecule has 1 N–H and O–H groups in total. The van der Waals surface area contributed by atoms with Crippen molar-refractivity contribution in [2.45, 2.75) is 38.0 Å². The molecule has 0 radical (unpaired) electrons. The van der Waals surface area contributed by atoms with Crippen molar-refractivity contribution >= 4 is 17.5 Å². The molecule has 5 nitrogen and oxygen atoms in total. The predicted octanol–water partition coefficient (Wildman–Crippen LogP) is 6.09. The number of amides is 2. The summed E-state index contributed by atoms with van der Waals surface area (Å²) in [5, 5.41) is 2.60. The monoisotopic (exact) mass is 522 g/mol. The van der Waals surface area contributed by atoms with Gasteiger partial charge in [-0.05, 0) is 91.6 Å². The van der Waals surface area contributed by atoms with Gasteiger partial charge in [-0.15, -0.1) is 0 Å². The second kappa shape index (κ2) is 11.3. The van der Waals surface area contributed by atoms with Crippen LogP contribution in [0.5, 0.6) is 5.75 Å². The molecule has 0 atom stereocenters. The maximum atomic E-state index is 13.8. The summed E-state index contributed by atoms with van der Waals surface area (Å²) in [5.41, 5.74) is 1.63. The largest absolute Gasteiger partial charge is 0.493 e. The summed E-state index contributed by atoms with van der Waals surface area (Å²) in [7, 11) is 0. The summed E-state index contributed by atoms with van der Waals surface area (Å²) in [5.74, 6) is -2.40. The Morgan fingerprint density at radius 3 is 2.16 bits per heavy atom. The quantitative estimate of drug-likeness (QED) is 0.364. The number of hydrogen-bond donors (Lipinski definition) is 1. The fourth-order valence-electron chi connectivity index (χ4n) is 4.73. The van der Waals surface area contributed by atoms with E-state index in [2.05, 4.69) is 5.32 Å². The molecule has 0 aromatic heterocycles. The van der Waals surface area contributed by atoms with Crippen LogP contribution in [0.3, 0.4) is 0 Å². The van der Waals surface area contributed by atoms with Crippen LogP contribution >= 0.6 is 0 Å². The summed E-state index contributed by atoms with van der Waals surface area (Å²) < 4.78 is 46.8. The maximum absolute atomic E-state index is 13.8. The summed E-state index contributed by atoms with van der Waals surface area (Å²) in [4.78, 5) is 27.1. The molecule has 0 unspecified atom stereocenters. The Morgan fingerprint density at radius 1 is 0.842 bits per heavy atom. The van der Waals surface area contributed by atoms with Crippen molar-refractivity contribution in [3.05, 3.63) is 94.8 Å². The lowest BCUT2D eigenvalue weighted by Crippen LogP contribution is -2.37. The van der Waals surface area contributed by atoms with Gasteiger partial charge in [-0.25, -0.2) is 13.2 Å². The molecule has 1 saturated carbocycles. The molecule has 5 rings (SSSR count). The van der Waals surface area contributed by atoms with E-state index < -0.39 is 35.3 Å². The van der Waals surface area contributed by atoms with E-state index in [-0.39, 0.29) is 11.8 Å². The van der Waals surface area contributed by atoms with Crippen LogP contribution in [-0.4, -0.2) is 36.4 Å². The highest BCUT2D eigenvalue weighted by atomic mass is 19.2. The van der Waals surface area contributed by atoms with E-state index in [0.29, 0.717) is 36.3 Å². The van der Waals surface area contributed by atoms with Crippen molar-refractivity contribution in [1.82, 2.24) is 4.90 Å². The van der Waals surface area contributed by atoms with Gasteiger partial charge in [0.2, 0.25) is 5.91 Å². The number of hydrogen-bond acceptors (Lipinski definition) is 3. The van der Waals surface area contributed by atoms with Crippen LogP contribution < -0.4 is 10.1 Å². The number of ether oxygens (including phenoxy) is 1. The standard InChI is InChI=1S/C30H29F3N2O3/c31-26-11-12-27(32)29(33)25(26)17-28(36)34-23-7-3-20(4-8-23)21-13-15-35(16-14-21)30(37)22-5-9-24(10-6-22)38-18-19-1-2-19/h3-12,19,21H,1-2,13-18H2,(H,34,36). The molecule has 1 heterocycles. The number of rotatable bonds is 8. The van der Waals surface area contributed by atoms with Gasteiger partial charge in [0, 0.05) is 29.9 Å². The second-order valence-corrected chi connectivity index (χ2v) is 10.0. The SMILES string of the molecule is O=C(Cc1c(F)ccc(F)c1F)Nc1ccc(C2CCN(C(=O)c3ccc(OCC4CC4)cc3)CC2)cc1. The number of nitrogens with zero attached hydrogens (tertiary/aromatic N) is 1. The van der Waals surface area contributed by atoms with E-state index in [1.807, 2.05) is 41.3 Å². The maximum Gasteiger partial charge on any atom is 0.253 e. The number of piperidine rings is 1. The van der Waals surface area contributed by atoms with Crippen molar-refractivity contribution < 1.29 is 27.5 Å². The Bertz CT molecular complexity index is 1300. The summed E-state index contributed by atoms with van der Waals surface area (Å²) in [6.45, 7) is 2.03. The molecule has 2 amide bonds. The minimum atomic E-state index is -1.35. The molecule has 3 aromatic rings. The molecule has 2 fully saturated rings. The lowest BCUT2D eigenvalue weighted by molar-refractivity contribution is -0.115. The number of likely N-dealkylation sites (tertiary alicyclic amines) is 1. The summed E-state index contributed by atoms with van der Waals surface area (Å²) in [6, 6.07) is 16.1. The van der Waals surface area contributed by atoms with Gasteiger partial charge < -0.3 is 15.0 Å². The number of carbonyl (C=O) groups is 2. The smallest absolute Gasteiger partial charge is 0.253 e. The molecule has 1 aliphatic carbocycles. The van der Waals surface area contributed by atoms with E-state index in [1.54, 1.807) is 12.1 Å². The first kappa shape index (κ1) is 25.8. The van der Waals surface area contributed by atoms with E-state index >= 15 is 0 Å². The fraction of sp³-hybridized carbons (Fsp3) is 0.333. The molecule has 2 aliphatic rings. The first-order valence-electron chi connectivity index (χ1n) is 12.9. The summed E-state index contributed by atoms with van der Waals surface area (Å²) in [6.07, 6.45) is 3.49. The highest BCUT2D eigenvalue weighted by molar-refractivity contribution is 5.94. The Kier molecular flexibility index (Phi) is 7.67. The molecule has 38 heavy (non-hydrogen) atoms. The third-order valence-electron chi connectivity index (χ3n) is 7.21. The minimum absolute atomic E-state index is 0.0152. The Labute approximate surface area is 219 Å². The molecule has 0 spiro atoms. The summed E-state index contributed by atoms with van der Waals surface area (Å²) >= 11 is 0. The van der Waals surface area contributed by atoms with E-state index in [0.717, 1.165) is 36.8 Å². The Balaban J connectivity index is 1.11. The Morgan fingerprint density at radius 2 is 1.50 bits per heavy atom. The molecule has 8 heteroatoms. The zero-order valence-electron chi connectivity index (χ0n) is 20.9. The van der Waals surface area contributed by atoms with Gasteiger partial charge in [-0.1, -0.05) is 12.1 Å². The lowest BCUT2D eigenvalue weighted by Gasteiger charge is -2.32. The topological polar surface area (TPSA) is 58.6 Å². The van der Waals surface area contributed by atoms with E-state index in [4.69, 9.17) is 4.74 Å². The molecule has 198 valence electrons. The fourth-order valence-corrected chi connectivity index (χ4v) is 4.73. The van der Waals surface area contributed by atoms with Crippen LogP contribution in [0.25, 0.3) is 0 Å². The van der Waals surface area contributed by atoms with Crippen molar-refractivity contribution in [2.24, 2.45) is 5.92 Å². The van der Waals surface area contributed by atoms with E-state index in [1.165, 1.54) is 12.8 Å². The third-order valence-corrected chi connectivity index (χ3v) is 7.21. The first-order valence-corrected chi connectivity index (χ1v) is 12.9. The minimum Gasteiger partial charge on any atom is -0.493 e. The van der Waals surface area contributed by atoms with Crippen molar-refractivity contribution in [3.8, 4) is 5.75 Å². The van der Waals surface area contributed by atoms with Gasteiger partial charge in [-0.3, -0.25) is 9.59 Å². The van der Waals surface area contributed by atoms with Crippen LogP contribution in [0.4, 0.5) is 18.9 Å². The highest BCUT2D eigenvalue weighted by Gasteiger charge is 2.25. The number of halogens is 3. The van der Waals surface area contributed by atoms with Crippen LogP contribution in [-0.2, 0) is 11.2 Å². The lowest BCUT2D eigenvalue weighted by atomic mass is 9.89. The highest BCUT2D eigenvalue weighted by Crippen LogP contribution is 2.31. The first-order chi connectivity index (χ1) is 18.4.